The zero-order valence-electron chi connectivity index (χ0n) is 15.9. The number of carbonyl (C=O) groups is 1. The molecule has 0 bridgehead atoms. The third-order valence-electron chi connectivity index (χ3n) is 4.57. The van der Waals surface area contributed by atoms with Crippen molar-refractivity contribution in [2.45, 2.75) is 33.2 Å². The average Bonchev–Trinajstić information content (AvgIpc) is 3.04. The van der Waals surface area contributed by atoms with Gasteiger partial charge in [0.1, 0.15) is 11.5 Å². The van der Waals surface area contributed by atoms with Gasteiger partial charge in [-0.05, 0) is 49.6 Å². The Morgan fingerprint density at radius 1 is 1.07 bits per heavy atom. The van der Waals surface area contributed by atoms with E-state index in [0.717, 1.165) is 34.8 Å². The summed E-state index contributed by atoms with van der Waals surface area (Å²) in [7, 11) is 0. The summed E-state index contributed by atoms with van der Waals surface area (Å²) in [6.07, 6.45) is 0.940. The second-order valence-electron chi connectivity index (χ2n) is 7.20. The molecule has 0 saturated heterocycles. The first-order chi connectivity index (χ1) is 12.9. The number of nitrogens with one attached hydrogen (secondary N) is 1. The lowest BCUT2D eigenvalue weighted by atomic mass is 9.96. The first kappa shape index (κ1) is 18.8. The van der Waals surface area contributed by atoms with Crippen LogP contribution in [-0.4, -0.2) is 11.1 Å². The van der Waals surface area contributed by atoms with E-state index in [1.807, 2.05) is 49.4 Å². The number of carboxylic acids is 1. The van der Waals surface area contributed by atoms with Crippen molar-refractivity contribution in [1.82, 2.24) is 0 Å². The Morgan fingerprint density at radius 2 is 1.74 bits per heavy atom. The largest absolute Gasteiger partial charge is 0.478 e. The summed E-state index contributed by atoms with van der Waals surface area (Å²) in [6, 6.07) is 19.1. The van der Waals surface area contributed by atoms with E-state index < -0.39 is 5.97 Å². The molecule has 0 radical (unpaired) electrons. The van der Waals surface area contributed by atoms with Gasteiger partial charge in [0.05, 0.1) is 11.6 Å². The average molecular weight is 363 g/mol. The van der Waals surface area contributed by atoms with Gasteiger partial charge in [0.25, 0.3) is 0 Å². The van der Waals surface area contributed by atoms with Crippen molar-refractivity contribution < 1.29 is 14.3 Å². The number of aryl methyl sites for hydroxylation is 1. The van der Waals surface area contributed by atoms with Gasteiger partial charge in [-0.25, -0.2) is 4.79 Å². The van der Waals surface area contributed by atoms with Gasteiger partial charge in [-0.15, -0.1) is 0 Å². The van der Waals surface area contributed by atoms with Crippen LogP contribution in [0.1, 0.15) is 48.0 Å². The second-order valence-corrected chi connectivity index (χ2v) is 7.20. The molecule has 1 aromatic heterocycles. The first-order valence-corrected chi connectivity index (χ1v) is 9.19. The summed E-state index contributed by atoms with van der Waals surface area (Å²) >= 11 is 0. The van der Waals surface area contributed by atoms with Crippen LogP contribution in [0.15, 0.2) is 65.1 Å². The van der Waals surface area contributed by atoms with E-state index in [4.69, 9.17) is 9.52 Å². The molecule has 1 unspecified atom stereocenters. The lowest BCUT2D eigenvalue weighted by Crippen LogP contribution is -2.13. The summed E-state index contributed by atoms with van der Waals surface area (Å²) in [5, 5.41) is 12.6. The van der Waals surface area contributed by atoms with Crippen molar-refractivity contribution in [2.24, 2.45) is 5.92 Å². The Labute approximate surface area is 159 Å². The maximum atomic E-state index is 11.1. The molecule has 3 rings (SSSR count). The molecular formula is C23H25NO3. The van der Waals surface area contributed by atoms with Gasteiger partial charge in [0.2, 0.25) is 0 Å². The normalized spacial score (nSPS) is 12.1. The van der Waals surface area contributed by atoms with Crippen molar-refractivity contribution in [3.05, 3.63) is 77.6 Å². The van der Waals surface area contributed by atoms with E-state index in [0.29, 0.717) is 5.92 Å². The van der Waals surface area contributed by atoms with E-state index in [1.54, 1.807) is 12.1 Å². The highest BCUT2D eigenvalue weighted by molar-refractivity contribution is 5.88. The van der Waals surface area contributed by atoms with Crippen LogP contribution in [0.5, 0.6) is 0 Å². The monoisotopic (exact) mass is 363 g/mol. The highest BCUT2D eigenvalue weighted by Crippen LogP contribution is 2.33. The van der Waals surface area contributed by atoms with Crippen LogP contribution in [0.25, 0.3) is 11.3 Å². The molecule has 0 amide bonds. The molecule has 140 valence electrons. The number of carboxylic acid groups (broad SMARTS) is 1. The maximum absolute atomic E-state index is 11.1. The van der Waals surface area contributed by atoms with Gasteiger partial charge in [-0.3, -0.25) is 0 Å². The topological polar surface area (TPSA) is 62.5 Å². The van der Waals surface area contributed by atoms with Crippen molar-refractivity contribution in [2.75, 3.05) is 5.32 Å². The molecule has 2 aromatic carbocycles. The molecule has 3 aromatic rings. The summed E-state index contributed by atoms with van der Waals surface area (Å²) in [5.74, 6) is 1.34. The number of benzene rings is 2. The summed E-state index contributed by atoms with van der Waals surface area (Å²) in [5.41, 5.74) is 3.37. The molecule has 0 saturated carbocycles. The molecule has 4 heteroatoms. The summed E-state index contributed by atoms with van der Waals surface area (Å²) in [4.78, 5) is 11.1. The van der Waals surface area contributed by atoms with E-state index >= 15 is 0 Å². The van der Waals surface area contributed by atoms with Crippen molar-refractivity contribution in [3.63, 3.8) is 0 Å². The molecule has 0 aliphatic heterocycles. The minimum atomic E-state index is -0.918. The fraction of sp³-hybridized carbons (Fsp3) is 0.261. The van der Waals surface area contributed by atoms with Crippen LogP contribution < -0.4 is 5.32 Å². The summed E-state index contributed by atoms with van der Waals surface area (Å²) < 4.78 is 6.03. The van der Waals surface area contributed by atoms with Crippen LogP contribution in [0.4, 0.5) is 5.69 Å². The fourth-order valence-corrected chi connectivity index (χ4v) is 3.23. The van der Waals surface area contributed by atoms with Crippen LogP contribution in [0.3, 0.4) is 0 Å². The quantitative estimate of drug-likeness (QED) is 0.528. The van der Waals surface area contributed by atoms with Crippen molar-refractivity contribution >= 4 is 11.7 Å². The minimum Gasteiger partial charge on any atom is -0.478 e. The summed E-state index contributed by atoms with van der Waals surface area (Å²) in [6.45, 7) is 6.37. The lowest BCUT2D eigenvalue weighted by molar-refractivity contribution is 0.0697. The van der Waals surface area contributed by atoms with Gasteiger partial charge in [0, 0.05) is 16.8 Å². The number of furan rings is 1. The molecule has 0 aliphatic rings. The molecular weight excluding hydrogens is 338 g/mol. The number of rotatable bonds is 7. The number of hydrogen-bond acceptors (Lipinski definition) is 3. The highest BCUT2D eigenvalue weighted by atomic mass is 16.4. The predicted molar refractivity (Wildman–Crippen MR) is 108 cm³/mol. The van der Waals surface area contributed by atoms with Gasteiger partial charge < -0.3 is 14.8 Å². The number of aromatic carboxylic acids is 1. The molecule has 27 heavy (non-hydrogen) atoms. The Hall–Kier alpha value is -3.01. The molecule has 4 nitrogen and oxygen atoms in total. The lowest BCUT2D eigenvalue weighted by Gasteiger charge is -2.21. The molecule has 1 heterocycles. The number of anilines is 1. The van der Waals surface area contributed by atoms with Gasteiger partial charge >= 0.3 is 5.97 Å². The van der Waals surface area contributed by atoms with Gasteiger partial charge in [-0.2, -0.15) is 0 Å². The Kier molecular flexibility index (Phi) is 5.65. The highest BCUT2D eigenvalue weighted by Gasteiger charge is 2.20. The van der Waals surface area contributed by atoms with Crippen LogP contribution in [0.2, 0.25) is 0 Å². The SMILES string of the molecule is Cc1oc(-c2ccccc2)cc1C(CC(C)C)Nc1ccc(C(=O)O)cc1. The van der Waals surface area contributed by atoms with Gasteiger partial charge in [-0.1, -0.05) is 44.2 Å². The molecule has 1 atom stereocenters. The zero-order valence-corrected chi connectivity index (χ0v) is 15.9. The van der Waals surface area contributed by atoms with E-state index in [9.17, 15) is 4.79 Å². The molecule has 2 N–H and O–H groups in total. The van der Waals surface area contributed by atoms with Crippen LogP contribution in [0, 0.1) is 12.8 Å². The molecule has 0 spiro atoms. The standard InChI is InChI=1S/C23H25NO3/c1-15(2)13-21(24-19-11-9-18(10-12-19)23(25)26)20-14-22(27-16(20)3)17-7-5-4-6-8-17/h4-12,14-15,21,24H,13H2,1-3H3,(H,25,26). The second kappa shape index (κ2) is 8.12. The third-order valence-corrected chi connectivity index (χ3v) is 4.57. The maximum Gasteiger partial charge on any atom is 0.335 e. The Balaban J connectivity index is 1.88. The first-order valence-electron chi connectivity index (χ1n) is 9.19. The smallest absolute Gasteiger partial charge is 0.335 e. The van der Waals surface area contributed by atoms with Crippen LogP contribution in [-0.2, 0) is 0 Å². The van der Waals surface area contributed by atoms with Crippen molar-refractivity contribution in [3.8, 4) is 11.3 Å². The number of hydrogen-bond donors (Lipinski definition) is 2. The molecule has 0 fully saturated rings. The van der Waals surface area contributed by atoms with E-state index in [-0.39, 0.29) is 11.6 Å². The Morgan fingerprint density at radius 3 is 2.33 bits per heavy atom. The van der Waals surface area contributed by atoms with E-state index in [1.165, 1.54) is 0 Å². The Bertz CT molecular complexity index is 895. The van der Waals surface area contributed by atoms with Gasteiger partial charge in [0.15, 0.2) is 0 Å². The molecule has 0 aliphatic carbocycles. The fourth-order valence-electron chi connectivity index (χ4n) is 3.23. The zero-order chi connectivity index (χ0) is 19.4. The minimum absolute atomic E-state index is 0.0851. The third kappa shape index (κ3) is 4.59. The van der Waals surface area contributed by atoms with Crippen LogP contribution >= 0.6 is 0 Å². The van der Waals surface area contributed by atoms with E-state index in [2.05, 4.69) is 25.2 Å². The predicted octanol–water partition coefficient (Wildman–Crippen LogP) is 6.15. The van der Waals surface area contributed by atoms with Crippen molar-refractivity contribution in [1.29, 1.82) is 0 Å².